The molecule has 0 radical (unpaired) electrons. The molecule has 7 N–H and O–H groups in total. The number of carbonyl (C=O) groups is 1. The number of nitrogens with one attached hydrogen (secondary N) is 1. The highest BCUT2D eigenvalue weighted by Gasteiger charge is 2.03. The summed E-state index contributed by atoms with van der Waals surface area (Å²) in [5.41, 5.74) is 20.2. The third-order valence-corrected chi connectivity index (χ3v) is 5.45. The molecule has 1 amide bonds. The topological polar surface area (TPSA) is 120 Å². The first-order valence-electron chi connectivity index (χ1n) is 11.8. The van der Waals surface area contributed by atoms with Gasteiger partial charge in [-0.1, -0.05) is 69.2 Å². The van der Waals surface area contributed by atoms with Crippen molar-refractivity contribution >= 4 is 48.1 Å². The number of guanidine groups is 1. The summed E-state index contributed by atoms with van der Waals surface area (Å²) in [5, 5.41) is 3.00. The average Bonchev–Trinajstić information content (AvgIpc) is 2.77. The number of rotatable bonds is 15. The van der Waals surface area contributed by atoms with Crippen molar-refractivity contribution in [1.29, 1.82) is 0 Å². The Hall–Kier alpha value is -2.28. The summed E-state index contributed by atoms with van der Waals surface area (Å²) in [6.45, 7) is 0.809. The van der Waals surface area contributed by atoms with E-state index in [2.05, 4.69) is 10.3 Å². The molecule has 0 saturated carbocycles. The maximum Gasteiger partial charge on any atom is 0.224 e. The minimum atomic E-state index is 0. The third-order valence-electron chi connectivity index (χ3n) is 5.45. The number of anilines is 1. The van der Waals surface area contributed by atoms with Crippen molar-refractivity contribution in [2.45, 2.75) is 70.6 Å². The molecule has 0 aliphatic carbocycles. The maximum absolute atomic E-state index is 12.2. The van der Waals surface area contributed by atoms with Crippen LogP contribution in [-0.4, -0.2) is 18.4 Å². The third kappa shape index (κ3) is 14.1. The first-order valence-corrected chi connectivity index (χ1v) is 11.8. The lowest BCUT2D eigenvalue weighted by Crippen LogP contribution is -2.21. The molecule has 0 spiro atoms. The number of aliphatic imine (C=N–C) groups is 1. The van der Waals surface area contributed by atoms with Crippen molar-refractivity contribution in [3.05, 3.63) is 59.7 Å². The van der Waals surface area contributed by atoms with Gasteiger partial charge < -0.3 is 22.5 Å². The van der Waals surface area contributed by atoms with Crippen molar-refractivity contribution in [3.63, 3.8) is 0 Å². The van der Waals surface area contributed by atoms with Crippen LogP contribution in [0.2, 0.25) is 0 Å². The smallest absolute Gasteiger partial charge is 0.224 e. The molecule has 0 unspecified atom stereocenters. The molecular formula is C26H41Cl2N5O. The zero-order chi connectivity index (χ0) is 23.0. The van der Waals surface area contributed by atoms with Gasteiger partial charge in [0.15, 0.2) is 5.96 Å². The number of nitrogens with zero attached hydrogens (tertiary/aromatic N) is 1. The monoisotopic (exact) mass is 509 g/mol. The van der Waals surface area contributed by atoms with E-state index >= 15 is 0 Å². The van der Waals surface area contributed by atoms with E-state index < -0.39 is 0 Å². The number of unbranched alkanes of at least 4 members (excludes halogenated alkanes) is 8. The average molecular weight is 511 g/mol. The van der Waals surface area contributed by atoms with E-state index in [9.17, 15) is 4.79 Å². The van der Waals surface area contributed by atoms with Crippen molar-refractivity contribution in [3.8, 4) is 0 Å². The van der Waals surface area contributed by atoms with Crippen LogP contribution in [0.5, 0.6) is 0 Å². The second-order valence-corrected chi connectivity index (χ2v) is 8.35. The molecule has 2 aromatic rings. The zero-order valence-electron chi connectivity index (χ0n) is 20.0. The molecule has 34 heavy (non-hydrogen) atoms. The minimum absolute atomic E-state index is 0. The molecule has 8 heteroatoms. The van der Waals surface area contributed by atoms with Crippen LogP contribution in [0.4, 0.5) is 11.4 Å². The van der Waals surface area contributed by atoms with E-state index in [1.165, 1.54) is 49.7 Å². The lowest BCUT2D eigenvalue weighted by Gasteiger charge is -2.07. The molecule has 2 aromatic carbocycles. The predicted octanol–water partition coefficient (Wildman–Crippen LogP) is 5.82. The number of amides is 1. The summed E-state index contributed by atoms with van der Waals surface area (Å²) in [4.78, 5) is 16.2. The van der Waals surface area contributed by atoms with Crippen LogP contribution in [0.1, 0.15) is 75.3 Å². The Kier molecular flexibility index (Phi) is 17.8. The molecule has 0 heterocycles. The van der Waals surface area contributed by atoms with Crippen molar-refractivity contribution in [1.82, 2.24) is 0 Å². The van der Waals surface area contributed by atoms with Crippen LogP contribution in [0, 0.1) is 0 Å². The van der Waals surface area contributed by atoms with Crippen LogP contribution in [-0.2, 0) is 11.2 Å². The Morgan fingerprint density at radius 2 is 1.18 bits per heavy atom. The predicted molar refractivity (Wildman–Crippen MR) is 150 cm³/mol. The van der Waals surface area contributed by atoms with E-state index in [0.29, 0.717) is 6.42 Å². The van der Waals surface area contributed by atoms with Crippen molar-refractivity contribution in [2.75, 3.05) is 11.9 Å². The maximum atomic E-state index is 12.2. The zero-order valence-corrected chi connectivity index (χ0v) is 21.6. The highest BCUT2D eigenvalue weighted by molar-refractivity contribution is 5.90. The van der Waals surface area contributed by atoms with Crippen LogP contribution in [0.3, 0.4) is 0 Å². The van der Waals surface area contributed by atoms with Gasteiger partial charge in [-0.25, -0.2) is 4.99 Å². The van der Waals surface area contributed by atoms with E-state index in [4.69, 9.17) is 17.2 Å². The summed E-state index contributed by atoms with van der Waals surface area (Å²) in [6, 6.07) is 15.8. The number of carbonyl (C=O) groups excluding carboxylic acids is 1. The molecule has 0 bridgehead atoms. The standard InChI is InChI=1S/C26H39N5O.2ClH/c27-19-9-7-5-3-1-2-4-6-8-10-25(32)30-23-15-11-21(12-16-23)20-22-13-17-24(18-14-22)31-26(28)29;;/h11-18H,1-10,19-20,27H2,(H,30,32)(H4,28,29,31);2*1H. The molecule has 0 aromatic heterocycles. The van der Waals surface area contributed by atoms with Gasteiger partial charge in [0.2, 0.25) is 5.91 Å². The lowest BCUT2D eigenvalue weighted by molar-refractivity contribution is -0.116. The largest absolute Gasteiger partial charge is 0.370 e. The molecule has 0 atom stereocenters. The van der Waals surface area contributed by atoms with Gasteiger partial charge in [-0.3, -0.25) is 4.79 Å². The molecule has 0 aliphatic heterocycles. The molecule has 0 fully saturated rings. The Labute approximate surface area is 217 Å². The number of hydrogen-bond acceptors (Lipinski definition) is 3. The Morgan fingerprint density at radius 3 is 1.68 bits per heavy atom. The number of benzene rings is 2. The molecule has 190 valence electrons. The van der Waals surface area contributed by atoms with Crippen molar-refractivity contribution < 1.29 is 4.79 Å². The summed E-state index contributed by atoms with van der Waals surface area (Å²) in [7, 11) is 0. The van der Waals surface area contributed by atoms with Gasteiger partial charge in [0, 0.05) is 12.1 Å². The molecule has 6 nitrogen and oxygen atoms in total. The Bertz CT molecular complexity index is 822. The minimum Gasteiger partial charge on any atom is -0.370 e. The molecule has 0 saturated heterocycles. The van der Waals surface area contributed by atoms with Crippen LogP contribution in [0.25, 0.3) is 0 Å². The Morgan fingerprint density at radius 1 is 0.706 bits per heavy atom. The van der Waals surface area contributed by atoms with E-state index in [1.807, 2.05) is 48.5 Å². The van der Waals surface area contributed by atoms with Gasteiger partial charge in [0.25, 0.3) is 0 Å². The molecular weight excluding hydrogens is 469 g/mol. The second-order valence-electron chi connectivity index (χ2n) is 8.35. The molecule has 2 rings (SSSR count). The fourth-order valence-corrected chi connectivity index (χ4v) is 3.67. The number of hydrogen-bond donors (Lipinski definition) is 4. The van der Waals surface area contributed by atoms with E-state index in [1.54, 1.807) is 0 Å². The highest BCUT2D eigenvalue weighted by atomic mass is 35.5. The molecule has 0 aliphatic rings. The number of halogens is 2. The van der Waals surface area contributed by atoms with Crippen LogP contribution < -0.4 is 22.5 Å². The summed E-state index contributed by atoms with van der Waals surface area (Å²) in [6.07, 6.45) is 12.2. The van der Waals surface area contributed by atoms with Crippen molar-refractivity contribution in [2.24, 2.45) is 22.2 Å². The second kappa shape index (κ2) is 19.1. The van der Waals surface area contributed by atoms with Gasteiger partial charge in [-0.15, -0.1) is 24.8 Å². The fourth-order valence-electron chi connectivity index (χ4n) is 3.67. The Balaban J connectivity index is 0.00000544. The van der Waals surface area contributed by atoms with Crippen LogP contribution >= 0.6 is 24.8 Å². The van der Waals surface area contributed by atoms with Gasteiger partial charge in [-0.05, 0) is 61.2 Å². The van der Waals surface area contributed by atoms with Gasteiger partial charge in [0.05, 0.1) is 5.69 Å². The summed E-state index contributed by atoms with van der Waals surface area (Å²) >= 11 is 0. The van der Waals surface area contributed by atoms with E-state index in [-0.39, 0.29) is 36.7 Å². The van der Waals surface area contributed by atoms with Crippen LogP contribution in [0.15, 0.2) is 53.5 Å². The fraction of sp³-hybridized carbons (Fsp3) is 0.462. The lowest BCUT2D eigenvalue weighted by atomic mass is 10.0. The summed E-state index contributed by atoms with van der Waals surface area (Å²) in [5.74, 6) is 0.148. The van der Waals surface area contributed by atoms with E-state index in [0.717, 1.165) is 43.6 Å². The first-order chi connectivity index (χ1) is 15.6. The normalized spacial score (nSPS) is 10.0. The first kappa shape index (κ1) is 31.7. The quantitative estimate of drug-likeness (QED) is 0.137. The SMILES string of the molecule is Cl.Cl.NCCCCCCCCCCCC(=O)Nc1ccc(Cc2ccc(N=C(N)N)cc2)cc1. The summed E-state index contributed by atoms with van der Waals surface area (Å²) < 4.78 is 0. The number of nitrogens with two attached hydrogens (primary N) is 3. The van der Waals surface area contributed by atoms with Gasteiger partial charge in [0.1, 0.15) is 0 Å². The highest BCUT2D eigenvalue weighted by Crippen LogP contribution is 2.18. The van der Waals surface area contributed by atoms with Gasteiger partial charge in [-0.2, -0.15) is 0 Å². The van der Waals surface area contributed by atoms with Gasteiger partial charge >= 0.3 is 0 Å².